The van der Waals surface area contributed by atoms with Crippen molar-refractivity contribution in [2.45, 2.75) is 26.0 Å². The molecule has 0 bridgehead atoms. The highest BCUT2D eigenvalue weighted by Gasteiger charge is 2.11. The van der Waals surface area contributed by atoms with Crippen LogP contribution in [0.3, 0.4) is 0 Å². The number of thioether (sulfide) groups is 1. The molecule has 2 rings (SSSR count). The van der Waals surface area contributed by atoms with Gasteiger partial charge in [0.1, 0.15) is 11.5 Å². The van der Waals surface area contributed by atoms with E-state index in [1.807, 2.05) is 45.0 Å². The number of benzene rings is 1. The van der Waals surface area contributed by atoms with E-state index in [4.69, 9.17) is 9.15 Å². The highest BCUT2D eigenvalue weighted by Crippen LogP contribution is 2.25. The van der Waals surface area contributed by atoms with Gasteiger partial charge in [0, 0.05) is 0 Å². The number of rotatable bonds is 6. The molecule has 0 aliphatic rings. The number of aromatic nitrogens is 1. The van der Waals surface area contributed by atoms with Crippen LogP contribution in [0.2, 0.25) is 0 Å². The van der Waals surface area contributed by atoms with Crippen LogP contribution in [0, 0.1) is 13.8 Å². The van der Waals surface area contributed by atoms with Crippen LogP contribution in [0.5, 0.6) is 5.75 Å². The smallest absolute Gasteiger partial charge is 0.256 e. The zero-order chi connectivity index (χ0) is 15.2. The molecule has 1 aromatic heterocycles. The topological polar surface area (TPSA) is 64.4 Å². The Labute approximate surface area is 128 Å². The maximum Gasteiger partial charge on any atom is 0.256 e. The molecule has 0 fully saturated rings. The van der Waals surface area contributed by atoms with Crippen LogP contribution >= 0.6 is 11.8 Å². The summed E-state index contributed by atoms with van der Waals surface area (Å²) in [5, 5.41) is 3.35. The number of oxazole rings is 1. The first-order chi connectivity index (χ1) is 10.1. The fourth-order valence-electron chi connectivity index (χ4n) is 1.67. The molecule has 0 aliphatic carbocycles. The van der Waals surface area contributed by atoms with Gasteiger partial charge in [-0.2, -0.15) is 0 Å². The van der Waals surface area contributed by atoms with Gasteiger partial charge in [0.15, 0.2) is 0 Å². The number of nitrogens with one attached hydrogen (secondary N) is 1. The summed E-state index contributed by atoms with van der Waals surface area (Å²) >= 11 is 1.27. The Hall–Kier alpha value is -1.95. The summed E-state index contributed by atoms with van der Waals surface area (Å²) in [4.78, 5) is 16.2. The summed E-state index contributed by atoms with van der Waals surface area (Å²) in [5.74, 6) is 1.56. The number of aryl methyl sites for hydroxylation is 2. The average molecular weight is 306 g/mol. The van der Waals surface area contributed by atoms with Crippen LogP contribution in [-0.2, 0) is 4.79 Å². The van der Waals surface area contributed by atoms with Gasteiger partial charge in [-0.05, 0) is 32.9 Å². The molecular formula is C15H18N2O3S. The molecule has 1 N–H and O–H groups in total. The minimum absolute atomic E-state index is 0.124. The van der Waals surface area contributed by atoms with Crippen molar-refractivity contribution in [1.82, 2.24) is 4.98 Å². The van der Waals surface area contributed by atoms with Gasteiger partial charge in [0.2, 0.25) is 5.91 Å². The summed E-state index contributed by atoms with van der Waals surface area (Å²) in [5.41, 5.74) is 1.52. The Morgan fingerprint density at radius 3 is 2.81 bits per heavy atom. The Balaban J connectivity index is 1.92. The van der Waals surface area contributed by atoms with Gasteiger partial charge in [-0.25, -0.2) is 4.98 Å². The van der Waals surface area contributed by atoms with Crippen LogP contribution in [0.25, 0.3) is 0 Å². The highest BCUT2D eigenvalue weighted by molar-refractivity contribution is 7.99. The Kier molecular flexibility index (Phi) is 5.27. The average Bonchev–Trinajstić information content (AvgIpc) is 2.78. The Bertz CT molecular complexity index is 606. The number of anilines is 1. The summed E-state index contributed by atoms with van der Waals surface area (Å²) in [6.45, 7) is 6.18. The fraction of sp³-hybridized carbons (Fsp3) is 0.333. The second kappa shape index (κ2) is 7.17. The van der Waals surface area contributed by atoms with Crippen molar-refractivity contribution in [3.63, 3.8) is 0 Å². The number of amides is 1. The maximum atomic E-state index is 12.0. The second-order valence-corrected chi connectivity index (χ2v) is 5.31. The SMILES string of the molecule is CCOc1ccccc1NC(=O)CSc1nc(C)c(C)o1. The van der Waals surface area contributed by atoms with E-state index in [-0.39, 0.29) is 11.7 Å². The van der Waals surface area contributed by atoms with Gasteiger partial charge >= 0.3 is 0 Å². The summed E-state index contributed by atoms with van der Waals surface area (Å²) in [6, 6.07) is 7.36. The molecule has 0 atom stereocenters. The van der Waals surface area contributed by atoms with Crippen LogP contribution in [0.15, 0.2) is 33.9 Å². The zero-order valence-electron chi connectivity index (χ0n) is 12.3. The molecular weight excluding hydrogens is 288 g/mol. The van der Waals surface area contributed by atoms with E-state index in [9.17, 15) is 4.79 Å². The Morgan fingerprint density at radius 2 is 2.14 bits per heavy atom. The second-order valence-electron chi connectivity index (χ2n) is 4.39. The minimum Gasteiger partial charge on any atom is -0.492 e. The number of nitrogens with zero attached hydrogens (tertiary/aromatic N) is 1. The monoisotopic (exact) mass is 306 g/mol. The molecule has 112 valence electrons. The molecule has 21 heavy (non-hydrogen) atoms. The summed E-state index contributed by atoms with van der Waals surface area (Å²) < 4.78 is 10.9. The maximum absolute atomic E-state index is 12.0. The molecule has 0 spiro atoms. The van der Waals surface area contributed by atoms with Gasteiger partial charge in [0.25, 0.3) is 5.22 Å². The Morgan fingerprint density at radius 1 is 1.38 bits per heavy atom. The number of carbonyl (C=O) groups excluding carboxylic acids is 1. The van der Waals surface area contributed by atoms with Crippen LogP contribution < -0.4 is 10.1 Å². The van der Waals surface area contributed by atoms with Crippen LogP contribution in [0.4, 0.5) is 5.69 Å². The number of para-hydroxylation sites is 2. The van der Waals surface area contributed by atoms with Crippen molar-refractivity contribution in [3.05, 3.63) is 35.7 Å². The van der Waals surface area contributed by atoms with Crippen molar-refractivity contribution >= 4 is 23.4 Å². The first kappa shape index (κ1) is 15.4. The quantitative estimate of drug-likeness (QED) is 0.828. The first-order valence-corrected chi connectivity index (χ1v) is 7.67. The molecule has 5 nitrogen and oxygen atoms in total. The number of hydrogen-bond acceptors (Lipinski definition) is 5. The van der Waals surface area contributed by atoms with Crippen molar-refractivity contribution in [2.24, 2.45) is 0 Å². The lowest BCUT2D eigenvalue weighted by Gasteiger charge is -2.10. The molecule has 0 aliphatic heterocycles. The predicted octanol–water partition coefficient (Wildman–Crippen LogP) is 3.42. The van der Waals surface area contributed by atoms with Gasteiger partial charge in [0.05, 0.1) is 23.7 Å². The van der Waals surface area contributed by atoms with Gasteiger partial charge in [-0.15, -0.1) is 0 Å². The first-order valence-electron chi connectivity index (χ1n) is 6.68. The molecule has 0 saturated heterocycles. The van der Waals surface area contributed by atoms with E-state index in [0.717, 1.165) is 11.5 Å². The summed E-state index contributed by atoms with van der Waals surface area (Å²) in [6.07, 6.45) is 0. The molecule has 1 heterocycles. The van der Waals surface area contributed by atoms with E-state index in [0.29, 0.717) is 23.3 Å². The van der Waals surface area contributed by atoms with Gasteiger partial charge in [-0.3, -0.25) is 4.79 Å². The van der Waals surface area contributed by atoms with Gasteiger partial charge < -0.3 is 14.5 Å². The highest BCUT2D eigenvalue weighted by atomic mass is 32.2. The van der Waals surface area contributed by atoms with E-state index in [2.05, 4.69) is 10.3 Å². The van der Waals surface area contributed by atoms with Crippen molar-refractivity contribution in [3.8, 4) is 5.75 Å². The third-order valence-electron chi connectivity index (χ3n) is 2.80. The number of hydrogen-bond donors (Lipinski definition) is 1. The normalized spacial score (nSPS) is 10.4. The van der Waals surface area contributed by atoms with Crippen molar-refractivity contribution in [1.29, 1.82) is 0 Å². The summed E-state index contributed by atoms with van der Waals surface area (Å²) in [7, 11) is 0. The molecule has 1 aromatic carbocycles. The van der Waals surface area contributed by atoms with Crippen molar-refractivity contribution < 1.29 is 13.9 Å². The lowest BCUT2D eigenvalue weighted by atomic mass is 10.3. The molecule has 1 amide bonds. The van der Waals surface area contributed by atoms with Crippen LogP contribution in [-0.4, -0.2) is 23.3 Å². The van der Waals surface area contributed by atoms with E-state index >= 15 is 0 Å². The largest absolute Gasteiger partial charge is 0.492 e. The van der Waals surface area contributed by atoms with E-state index < -0.39 is 0 Å². The lowest BCUT2D eigenvalue weighted by Crippen LogP contribution is -2.14. The number of carbonyl (C=O) groups is 1. The number of ether oxygens (including phenoxy) is 1. The standard InChI is InChI=1S/C15H18N2O3S/c1-4-19-13-8-6-5-7-12(13)17-14(18)9-21-15-16-10(2)11(3)20-15/h5-8H,4,9H2,1-3H3,(H,17,18). The van der Waals surface area contributed by atoms with Gasteiger partial charge in [-0.1, -0.05) is 23.9 Å². The molecule has 6 heteroatoms. The van der Waals surface area contributed by atoms with Crippen molar-refractivity contribution in [2.75, 3.05) is 17.7 Å². The third-order valence-corrected chi connectivity index (χ3v) is 3.62. The molecule has 0 radical (unpaired) electrons. The lowest BCUT2D eigenvalue weighted by molar-refractivity contribution is -0.113. The van der Waals surface area contributed by atoms with E-state index in [1.54, 1.807) is 0 Å². The van der Waals surface area contributed by atoms with E-state index in [1.165, 1.54) is 11.8 Å². The zero-order valence-corrected chi connectivity index (χ0v) is 13.1. The van der Waals surface area contributed by atoms with Crippen LogP contribution in [0.1, 0.15) is 18.4 Å². The third kappa shape index (κ3) is 4.26. The predicted molar refractivity (Wildman–Crippen MR) is 82.9 cm³/mol. The molecule has 0 saturated carbocycles. The minimum atomic E-state index is -0.124. The molecule has 0 unspecified atom stereocenters. The molecule has 2 aromatic rings. The fourth-order valence-corrected chi connectivity index (χ4v) is 2.38.